The van der Waals surface area contributed by atoms with Crippen LogP contribution in [0.15, 0.2) is 29.3 Å². The fraction of sp³-hybridized carbons (Fsp3) is 0.562. The first-order chi connectivity index (χ1) is 8.92. The van der Waals surface area contributed by atoms with Crippen molar-refractivity contribution in [3.05, 3.63) is 35.4 Å². The van der Waals surface area contributed by atoms with Gasteiger partial charge in [0.05, 0.1) is 6.54 Å². The van der Waals surface area contributed by atoms with Crippen molar-refractivity contribution >= 4 is 29.9 Å². The Morgan fingerprint density at radius 2 is 1.95 bits per heavy atom. The van der Waals surface area contributed by atoms with Gasteiger partial charge in [0.2, 0.25) is 0 Å². The first kappa shape index (κ1) is 17.3. The average Bonchev–Trinajstić information content (AvgIpc) is 3.19. The molecule has 1 saturated carbocycles. The fourth-order valence-electron chi connectivity index (χ4n) is 2.46. The predicted octanol–water partition coefficient (Wildman–Crippen LogP) is 3.30. The van der Waals surface area contributed by atoms with Crippen LogP contribution in [-0.2, 0) is 5.41 Å². The number of halogens is 1. The highest BCUT2D eigenvalue weighted by molar-refractivity contribution is 14.0. The lowest BCUT2D eigenvalue weighted by Crippen LogP contribution is -2.37. The quantitative estimate of drug-likeness (QED) is 0.489. The first-order valence-corrected chi connectivity index (χ1v) is 7.00. The Balaban J connectivity index is 0.00000200. The Kier molecular flexibility index (Phi) is 5.86. The second-order valence-corrected chi connectivity index (χ2v) is 6.22. The summed E-state index contributed by atoms with van der Waals surface area (Å²) in [6, 6.07) is 9.12. The Morgan fingerprint density at radius 1 is 1.35 bits per heavy atom. The van der Waals surface area contributed by atoms with Gasteiger partial charge in [-0.25, -0.2) is 0 Å². The topological polar surface area (TPSA) is 41.6 Å². The van der Waals surface area contributed by atoms with Crippen molar-refractivity contribution in [3.8, 4) is 0 Å². The number of nitrogens with zero attached hydrogens (tertiary/aromatic N) is 2. The van der Waals surface area contributed by atoms with Crippen LogP contribution < -0.4 is 5.73 Å². The van der Waals surface area contributed by atoms with Gasteiger partial charge in [-0.05, 0) is 30.9 Å². The van der Waals surface area contributed by atoms with Crippen LogP contribution in [0.2, 0.25) is 0 Å². The van der Waals surface area contributed by atoms with Crippen LogP contribution >= 0.6 is 24.0 Å². The van der Waals surface area contributed by atoms with E-state index in [1.54, 1.807) is 0 Å². The summed E-state index contributed by atoms with van der Waals surface area (Å²) in [5.41, 5.74) is 8.74. The third-order valence-electron chi connectivity index (χ3n) is 3.97. The van der Waals surface area contributed by atoms with E-state index in [-0.39, 0.29) is 29.4 Å². The van der Waals surface area contributed by atoms with E-state index in [0.717, 1.165) is 6.54 Å². The van der Waals surface area contributed by atoms with Crippen molar-refractivity contribution < 1.29 is 0 Å². The lowest BCUT2D eigenvalue weighted by molar-refractivity contribution is 0.476. The van der Waals surface area contributed by atoms with E-state index >= 15 is 0 Å². The minimum atomic E-state index is 0. The number of hydrogen-bond acceptors (Lipinski definition) is 1. The van der Waals surface area contributed by atoms with E-state index in [4.69, 9.17) is 5.73 Å². The molecule has 112 valence electrons. The number of hydrogen-bond donors (Lipinski definition) is 1. The molecule has 2 N–H and O–H groups in total. The highest BCUT2D eigenvalue weighted by atomic mass is 127. The molecule has 0 radical (unpaired) electrons. The van der Waals surface area contributed by atoms with Gasteiger partial charge in [0.25, 0.3) is 0 Å². The molecule has 1 fully saturated rings. The molecule has 1 aliphatic rings. The number of benzene rings is 1. The molecule has 0 spiro atoms. The molecule has 20 heavy (non-hydrogen) atoms. The maximum Gasteiger partial charge on any atom is 0.191 e. The summed E-state index contributed by atoms with van der Waals surface area (Å²) in [6.07, 6.45) is 2.49. The molecule has 0 atom stereocenters. The van der Waals surface area contributed by atoms with Gasteiger partial charge in [0.15, 0.2) is 5.96 Å². The lowest BCUT2D eigenvalue weighted by Gasteiger charge is -2.26. The summed E-state index contributed by atoms with van der Waals surface area (Å²) in [7, 11) is 2.04. The smallest absolute Gasteiger partial charge is 0.191 e. The maximum atomic E-state index is 6.06. The number of nitrogens with two attached hydrogens (primary N) is 1. The van der Waals surface area contributed by atoms with Crippen molar-refractivity contribution in [1.82, 2.24) is 4.90 Å². The molecule has 1 aliphatic carbocycles. The Bertz CT molecular complexity index is 478. The van der Waals surface area contributed by atoms with Crippen LogP contribution in [0.25, 0.3) is 0 Å². The van der Waals surface area contributed by atoms with Gasteiger partial charge in [-0.1, -0.05) is 38.1 Å². The summed E-state index contributed by atoms with van der Waals surface area (Å²) in [5.74, 6) is 0.671. The van der Waals surface area contributed by atoms with Crippen molar-refractivity contribution in [2.24, 2.45) is 10.7 Å². The molecule has 0 aromatic heterocycles. The first-order valence-electron chi connectivity index (χ1n) is 7.00. The van der Waals surface area contributed by atoms with E-state index < -0.39 is 0 Å². The van der Waals surface area contributed by atoms with Gasteiger partial charge in [-0.2, -0.15) is 0 Å². The summed E-state index contributed by atoms with van der Waals surface area (Å²) in [4.78, 5) is 6.70. The zero-order chi connectivity index (χ0) is 14.0. The SMILES string of the molecule is Cc1ccccc1C(C)(C)CN=C(N)N(C)C1CC1.I. The highest BCUT2D eigenvalue weighted by Crippen LogP contribution is 2.27. The summed E-state index contributed by atoms with van der Waals surface area (Å²) in [6.45, 7) is 7.33. The summed E-state index contributed by atoms with van der Waals surface area (Å²) < 4.78 is 0. The number of aryl methyl sites for hydroxylation is 1. The van der Waals surface area contributed by atoms with Crippen LogP contribution in [0.3, 0.4) is 0 Å². The number of guanidine groups is 1. The molecule has 0 aliphatic heterocycles. The Labute approximate surface area is 139 Å². The predicted molar refractivity (Wildman–Crippen MR) is 96.9 cm³/mol. The number of rotatable bonds is 4. The van der Waals surface area contributed by atoms with E-state index in [2.05, 4.69) is 54.9 Å². The molecule has 1 aromatic carbocycles. The number of aliphatic imine (C=N–C) groups is 1. The standard InChI is InChI=1S/C16H25N3.HI/c1-12-7-5-6-8-14(12)16(2,3)11-18-15(17)19(4)13-9-10-13;/h5-8,13H,9-11H2,1-4H3,(H2,17,18);1H. The van der Waals surface area contributed by atoms with E-state index in [1.807, 2.05) is 7.05 Å². The Hall–Kier alpha value is -0.780. The van der Waals surface area contributed by atoms with E-state index in [9.17, 15) is 0 Å². The molecule has 0 unspecified atom stereocenters. The third-order valence-corrected chi connectivity index (χ3v) is 3.97. The van der Waals surface area contributed by atoms with E-state index in [0.29, 0.717) is 12.0 Å². The largest absolute Gasteiger partial charge is 0.370 e. The van der Waals surface area contributed by atoms with Crippen LogP contribution in [0.1, 0.15) is 37.8 Å². The van der Waals surface area contributed by atoms with Gasteiger partial charge in [-0.15, -0.1) is 24.0 Å². The van der Waals surface area contributed by atoms with Crippen molar-refractivity contribution in [2.45, 2.75) is 45.1 Å². The monoisotopic (exact) mass is 387 g/mol. The zero-order valence-electron chi connectivity index (χ0n) is 12.9. The molecule has 3 nitrogen and oxygen atoms in total. The molecule has 0 saturated heterocycles. The van der Waals surface area contributed by atoms with Gasteiger partial charge >= 0.3 is 0 Å². The zero-order valence-corrected chi connectivity index (χ0v) is 15.2. The summed E-state index contributed by atoms with van der Waals surface area (Å²) >= 11 is 0. The highest BCUT2D eigenvalue weighted by Gasteiger charge is 2.28. The minimum absolute atomic E-state index is 0. The fourth-order valence-corrected chi connectivity index (χ4v) is 2.46. The van der Waals surface area contributed by atoms with Gasteiger partial charge < -0.3 is 10.6 Å². The molecule has 1 aromatic rings. The van der Waals surface area contributed by atoms with Crippen molar-refractivity contribution in [1.29, 1.82) is 0 Å². The van der Waals surface area contributed by atoms with Crippen LogP contribution in [0, 0.1) is 6.92 Å². The average molecular weight is 387 g/mol. The van der Waals surface area contributed by atoms with Gasteiger partial charge in [0.1, 0.15) is 0 Å². The van der Waals surface area contributed by atoms with Crippen LogP contribution in [0.4, 0.5) is 0 Å². The lowest BCUT2D eigenvalue weighted by atomic mass is 9.82. The second kappa shape index (κ2) is 6.78. The third kappa shape index (κ3) is 4.11. The molecule has 2 rings (SSSR count). The molecule has 0 amide bonds. The molecule has 0 heterocycles. The van der Waals surface area contributed by atoms with Crippen LogP contribution in [-0.4, -0.2) is 30.5 Å². The molecular weight excluding hydrogens is 361 g/mol. The summed E-state index contributed by atoms with van der Waals surface area (Å²) in [5, 5.41) is 0. The van der Waals surface area contributed by atoms with E-state index in [1.165, 1.54) is 24.0 Å². The molecular formula is C16H26IN3. The van der Waals surface area contributed by atoms with Crippen LogP contribution in [0.5, 0.6) is 0 Å². The van der Waals surface area contributed by atoms with Crippen molar-refractivity contribution in [3.63, 3.8) is 0 Å². The minimum Gasteiger partial charge on any atom is -0.370 e. The normalized spacial score (nSPS) is 15.7. The molecule has 4 heteroatoms. The maximum absolute atomic E-state index is 6.06. The van der Waals surface area contributed by atoms with Crippen molar-refractivity contribution in [2.75, 3.05) is 13.6 Å². The Morgan fingerprint density at radius 3 is 2.50 bits per heavy atom. The van der Waals surface area contributed by atoms with Gasteiger partial charge in [-0.3, -0.25) is 4.99 Å². The molecule has 0 bridgehead atoms. The van der Waals surface area contributed by atoms with Gasteiger partial charge in [0, 0.05) is 18.5 Å². The second-order valence-electron chi connectivity index (χ2n) is 6.22.